The molecule has 0 saturated heterocycles. The van der Waals surface area contributed by atoms with E-state index in [0.717, 1.165) is 22.3 Å². The topological polar surface area (TPSA) is 38.7 Å². The summed E-state index contributed by atoms with van der Waals surface area (Å²) in [4.78, 5) is 15.0. The lowest BCUT2D eigenvalue weighted by Gasteiger charge is -2.31. The maximum atomic E-state index is 5.03. The van der Waals surface area contributed by atoms with Crippen LogP contribution in [-0.2, 0) is 5.41 Å². The van der Waals surface area contributed by atoms with Gasteiger partial charge >= 0.3 is 0 Å². The van der Waals surface area contributed by atoms with Crippen molar-refractivity contribution in [2.45, 2.75) is 5.41 Å². The third-order valence-corrected chi connectivity index (χ3v) is 12.3. The molecule has 3 heteroatoms. The monoisotopic (exact) mass is 749 g/mol. The molecule has 1 aromatic heterocycles. The minimum atomic E-state index is -0.442. The molecule has 0 fully saturated rings. The van der Waals surface area contributed by atoms with E-state index in [1.165, 1.54) is 72.0 Å². The van der Waals surface area contributed by atoms with E-state index >= 15 is 0 Å². The number of rotatable bonds is 5. The van der Waals surface area contributed by atoms with Gasteiger partial charge in [-0.15, -0.1) is 0 Å². The molecule has 9 aromatic carbocycles. The van der Waals surface area contributed by atoms with Crippen LogP contribution in [-0.4, -0.2) is 15.0 Å². The molecule has 0 saturated carbocycles. The highest BCUT2D eigenvalue weighted by Crippen LogP contribution is 2.63. The fourth-order valence-corrected chi connectivity index (χ4v) is 9.71. The van der Waals surface area contributed by atoms with E-state index in [2.05, 4.69) is 152 Å². The fourth-order valence-electron chi connectivity index (χ4n) is 9.71. The Labute approximate surface area is 343 Å². The Hall–Kier alpha value is -7.75. The van der Waals surface area contributed by atoms with Crippen LogP contribution in [0.1, 0.15) is 22.3 Å². The number of hydrogen-bond donors (Lipinski definition) is 0. The van der Waals surface area contributed by atoms with E-state index in [4.69, 9.17) is 15.0 Å². The van der Waals surface area contributed by atoms with Gasteiger partial charge in [0.1, 0.15) is 0 Å². The van der Waals surface area contributed by atoms with E-state index in [1.807, 2.05) is 60.7 Å². The molecule has 0 bridgehead atoms. The number of hydrogen-bond acceptors (Lipinski definition) is 3. The van der Waals surface area contributed by atoms with Crippen molar-refractivity contribution < 1.29 is 0 Å². The quantitative estimate of drug-likeness (QED) is 0.176. The Morgan fingerprint density at radius 1 is 0.237 bits per heavy atom. The molecule has 1 spiro atoms. The van der Waals surface area contributed by atoms with Crippen molar-refractivity contribution in [3.63, 3.8) is 0 Å². The number of benzene rings is 9. The zero-order chi connectivity index (χ0) is 38.9. The lowest BCUT2D eigenvalue weighted by Crippen LogP contribution is -2.25. The minimum Gasteiger partial charge on any atom is -0.208 e. The van der Waals surface area contributed by atoms with Gasteiger partial charge in [-0.1, -0.05) is 194 Å². The van der Waals surface area contributed by atoms with E-state index in [-0.39, 0.29) is 0 Å². The highest BCUT2D eigenvalue weighted by Gasteiger charge is 2.51. The molecular formula is C56H35N3. The standard InChI is InChI=1S/C56H35N3/c1-3-16-38(17-4-1)53-57-54(39-18-5-2-6-19-39)59-55(58-53)40-30-28-37(29-31-40)47-35-52-48(34-46(47)42-32-27-36-15-7-8-20-41(36)33-42)45-23-11-14-26-51(45)56(52)49-24-12-9-21-43(49)44-22-10-13-25-50(44)56/h1-35H. The van der Waals surface area contributed by atoms with Crippen molar-refractivity contribution in [3.05, 3.63) is 235 Å². The maximum absolute atomic E-state index is 5.03. The molecule has 0 unspecified atom stereocenters. The number of fused-ring (bicyclic) bond motifs is 11. The van der Waals surface area contributed by atoms with Crippen molar-refractivity contribution in [3.8, 4) is 78.7 Å². The molecule has 0 N–H and O–H groups in total. The third kappa shape index (κ3) is 5.11. The van der Waals surface area contributed by atoms with Crippen LogP contribution in [0.25, 0.3) is 89.4 Å². The minimum absolute atomic E-state index is 0.442. The molecule has 0 amide bonds. The second-order valence-electron chi connectivity index (χ2n) is 15.5. The summed E-state index contributed by atoms with van der Waals surface area (Å²) in [6, 6.07) is 76.6. The molecule has 2 aliphatic carbocycles. The van der Waals surface area contributed by atoms with Gasteiger partial charge in [0.15, 0.2) is 17.5 Å². The summed E-state index contributed by atoms with van der Waals surface area (Å²) in [5.74, 6) is 1.94. The van der Waals surface area contributed by atoms with Crippen LogP contribution in [0.4, 0.5) is 0 Å². The largest absolute Gasteiger partial charge is 0.208 e. The Balaban J connectivity index is 1.08. The lowest BCUT2D eigenvalue weighted by molar-refractivity contribution is 0.794. The normalized spacial score (nSPS) is 12.9. The van der Waals surface area contributed by atoms with Crippen LogP contribution in [0.3, 0.4) is 0 Å². The molecule has 2 aliphatic rings. The van der Waals surface area contributed by atoms with Crippen LogP contribution >= 0.6 is 0 Å². The summed E-state index contributed by atoms with van der Waals surface area (Å²) in [7, 11) is 0. The molecule has 0 radical (unpaired) electrons. The van der Waals surface area contributed by atoms with E-state index < -0.39 is 5.41 Å². The van der Waals surface area contributed by atoms with Crippen molar-refractivity contribution in [2.75, 3.05) is 0 Å². The first-order valence-corrected chi connectivity index (χ1v) is 20.2. The SMILES string of the molecule is c1ccc(-c2nc(-c3ccccc3)nc(-c3ccc(-c4cc5c(cc4-c4ccc6ccccc6c4)-c4ccccc4C54c5ccccc5-c5ccccc54)cc3)n2)cc1. The van der Waals surface area contributed by atoms with Gasteiger partial charge in [-0.25, -0.2) is 15.0 Å². The van der Waals surface area contributed by atoms with Gasteiger partial charge in [-0.3, -0.25) is 0 Å². The van der Waals surface area contributed by atoms with Gasteiger partial charge in [-0.05, 0) is 95.7 Å². The average molecular weight is 750 g/mol. The summed E-state index contributed by atoms with van der Waals surface area (Å²) < 4.78 is 0. The maximum Gasteiger partial charge on any atom is 0.164 e. The van der Waals surface area contributed by atoms with Crippen LogP contribution < -0.4 is 0 Å². The average Bonchev–Trinajstić information content (AvgIpc) is 3.78. The van der Waals surface area contributed by atoms with E-state index in [0.29, 0.717) is 17.5 Å². The van der Waals surface area contributed by atoms with Gasteiger partial charge in [-0.2, -0.15) is 0 Å². The van der Waals surface area contributed by atoms with E-state index in [1.54, 1.807) is 0 Å². The van der Waals surface area contributed by atoms with Crippen molar-refractivity contribution in [1.82, 2.24) is 15.0 Å². The molecule has 0 aliphatic heterocycles. The molecule has 0 atom stereocenters. The van der Waals surface area contributed by atoms with Gasteiger partial charge in [0.2, 0.25) is 0 Å². The lowest BCUT2D eigenvalue weighted by atomic mass is 9.70. The predicted octanol–water partition coefficient (Wildman–Crippen LogP) is 13.7. The Kier molecular flexibility index (Phi) is 7.45. The molecule has 3 nitrogen and oxygen atoms in total. The second kappa shape index (κ2) is 13.2. The van der Waals surface area contributed by atoms with Crippen LogP contribution in [0.2, 0.25) is 0 Å². The Bertz CT molecular complexity index is 3160. The van der Waals surface area contributed by atoms with Gasteiger partial charge in [0, 0.05) is 16.7 Å². The fraction of sp³-hybridized carbons (Fsp3) is 0.0179. The molecule has 12 rings (SSSR count). The zero-order valence-electron chi connectivity index (χ0n) is 32.0. The van der Waals surface area contributed by atoms with E-state index in [9.17, 15) is 0 Å². The van der Waals surface area contributed by atoms with Gasteiger partial charge < -0.3 is 0 Å². The molecule has 1 heterocycles. The van der Waals surface area contributed by atoms with Crippen molar-refractivity contribution in [2.24, 2.45) is 0 Å². The number of aromatic nitrogens is 3. The molecule has 59 heavy (non-hydrogen) atoms. The van der Waals surface area contributed by atoms with Crippen LogP contribution in [0.5, 0.6) is 0 Å². The predicted molar refractivity (Wildman–Crippen MR) is 241 cm³/mol. The highest BCUT2D eigenvalue weighted by atomic mass is 15.0. The summed E-state index contributed by atoms with van der Waals surface area (Å²) in [6.45, 7) is 0. The first kappa shape index (κ1) is 33.4. The zero-order valence-corrected chi connectivity index (χ0v) is 32.0. The molecular weight excluding hydrogens is 715 g/mol. The molecule has 10 aromatic rings. The van der Waals surface area contributed by atoms with Crippen LogP contribution in [0, 0.1) is 0 Å². The highest BCUT2D eigenvalue weighted by molar-refractivity contribution is 6.00. The van der Waals surface area contributed by atoms with Gasteiger partial charge in [0.05, 0.1) is 5.41 Å². The first-order valence-electron chi connectivity index (χ1n) is 20.2. The third-order valence-electron chi connectivity index (χ3n) is 12.3. The smallest absolute Gasteiger partial charge is 0.164 e. The molecule has 274 valence electrons. The second-order valence-corrected chi connectivity index (χ2v) is 15.5. The Morgan fingerprint density at radius 3 is 1.20 bits per heavy atom. The van der Waals surface area contributed by atoms with Crippen molar-refractivity contribution in [1.29, 1.82) is 0 Å². The van der Waals surface area contributed by atoms with Crippen molar-refractivity contribution >= 4 is 10.8 Å². The number of nitrogens with zero attached hydrogens (tertiary/aromatic N) is 3. The summed E-state index contributed by atoms with van der Waals surface area (Å²) in [5, 5.41) is 2.45. The van der Waals surface area contributed by atoms with Gasteiger partial charge in [0.25, 0.3) is 0 Å². The van der Waals surface area contributed by atoms with Crippen LogP contribution in [0.15, 0.2) is 212 Å². The summed E-state index contributed by atoms with van der Waals surface area (Å²) >= 11 is 0. The summed E-state index contributed by atoms with van der Waals surface area (Å²) in [6.07, 6.45) is 0. The Morgan fingerprint density at radius 2 is 0.644 bits per heavy atom. The first-order chi connectivity index (χ1) is 29.2. The summed E-state index contributed by atoms with van der Waals surface area (Å²) in [5.41, 5.74) is 17.6.